The predicted octanol–water partition coefficient (Wildman–Crippen LogP) is 0.955. The van der Waals surface area contributed by atoms with E-state index >= 15 is 0 Å². The highest BCUT2D eigenvalue weighted by molar-refractivity contribution is 5.44. The largest absolute Gasteiger partial charge is 0.379 e. The van der Waals surface area contributed by atoms with Crippen LogP contribution >= 0.6 is 0 Å². The molecular weight excluding hydrogens is 268 g/mol. The first-order chi connectivity index (χ1) is 10.1. The summed E-state index contributed by atoms with van der Waals surface area (Å²) in [4.78, 5) is 11.0. The summed E-state index contributed by atoms with van der Waals surface area (Å²) in [5.74, 6) is 1.55. The van der Waals surface area contributed by atoms with Crippen molar-refractivity contribution in [3.8, 4) is 0 Å². The van der Waals surface area contributed by atoms with E-state index < -0.39 is 0 Å². The van der Waals surface area contributed by atoms with Gasteiger partial charge in [0.05, 0.1) is 13.2 Å². The van der Waals surface area contributed by atoms with Gasteiger partial charge in [-0.2, -0.15) is 14.6 Å². The van der Waals surface area contributed by atoms with Gasteiger partial charge >= 0.3 is 0 Å². The number of hydrogen-bond donors (Lipinski definition) is 1. The van der Waals surface area contributed by atoms with Crippen LogP contribution in [-0.4, -0.2) is 62.9 Å². The van der Waals surface area contributed by atoms with Crippen LogP contribution in [0.2, 0.25) is 0 Å². The molecule has 3 rings (SSSR count). The monoisotopic (exact) mass is 290 g/mol. The predicted molar refractivity (Wildman–Crippen MR) is 80.5 cm³/mol. The van der Waals surface area contributed by atoms with E-state index in [0.29, 0.717) is 5.78 Å². The molecule has 0 amide bonds. The number of fused-ring (bicyclic) bond motifs is 1. The molecule has 0 atom stereocenters. The topological polar surface area (TPSA) is 67.6 Å². The Morgan fingerprint density at radius 3 is 2.86 bits per heavy atom. The highest BCUT2D eigenvalue weighted by Gasteiger charge is 2.28. The van der Waals surface area contributed by atoms with E-state index in [-0.39, 0.29) is 5.54 Å². The zero-order chi connectivity index (χ0) is 14.9. The van der Waals surface area contributed by atoms with Crippen molar-refractivity contribution < 1.29 is 4.74 Å². The Balaban J connectivity index is 1.74. The minimum absolute atomic E-state index is 0.0495. The van der Waals surface area contributed by atoms with Gasteiger partial charge < -0.3 is 10.1 Å². The van der Waals surface area contributed by atoms with Gasteiger partial charge in [0.25, 0.3) is 5.78 Å². The molecule has 0 bridgehead atoms. The summed E-state index contributed by atoms with van der Waals surface area (Å²) >= 11 is 0. The van der Waals surface area contributed by atoms with Crippen molar-refractivity contribution in [2.24, 2.45) is 0 Å². The number of rotatable bonds is 4. The van der Waals surface area contributed by atoms with E-state index in [1.165, 1.54) is 6.33 Å². The molecule has 0 aliphatic carbocycles. The van der Waals surface area contributed by atoms with Gasteiger partial charge in [0, 0.05) is 36.9 Å². The maximum Gasteiger partial charge on any atom is 0.254 e. The van der Waals surface area contributed by atoms with Crippen LogP contribution < -0.4 is 5.32 Å². The van der Waals surface area contributed by atoms with E-state index in [2.05, 4.69) is 39.1 Å². The normalized spacial score (nSPS) is 17.3. The maximum atomic E-state index is 5.43. The number of aryl methyl sites for hydroxylation is 1. The highest BCUT2D eigenvalue weighted by Crippen LogP contribution is 2.18. The second-order valence-corrected chi connectivity index (χ2v) is 6.02. The molecule has 7 nitrogen and oxygen atoms in total. The molecule has 1 saturated heterocycles. The van der Waals surface area contributed by atoms with Crippen LogP contribution in [0.25, 0.3) is 5.78 Å². The third kappa shape index (κ3) is 2.98. The molecule has 7 heteroatoms. The zero-order valence-corrected chi connectivity index (χ0v) is 12.8. The van der Waals surface area contributed by atoms with Gasteiger partial charge in [-0.3, -0.25) is 4.90 Å². The molecule has 21 heavy (non-hydrogen) atoms. The summed E-state index contributed by atoms with van der Waals surface area (Å²) in [5.41, 5.74) is 0.982. The van der Waals surface area contributed by atoms with Crippen LogP contribution in [-0.2, 0) is 4.74 Å². The molecule has 2 aromatic rings. The molecule has 3 heterocycles. The molecule has 1 fully saturated rings. The second kappa shape index (κ2) is 5.57. The Hall–Kier alpha value is -1.73. The lowest BCUT2D eigenvalue weighted by atomic mass is 10.0. The molecule has 2 aromatic heterocycles. The van der Waals surface area contributed by atoms with Gasteiger partial charge in [0.2, 0.25) is 0 Å². The van der Waals surface area contributed by atoms with Crippen molar-refractivity contribution in [3.05, 3.63) is 18.1 Å². The average molecular weight is 290 g/mol. The lowest BCUT2D eigenvalue weighted by molar-refractivity contribution is -0.00571. The fourth-order valence-corrected chi connectivity index (χ4v) is 2.64. The maximum absolute atomic E-state index is 5.43. The van der Waals surface area contributed by atoms with E-state index in [1.807, 2.05) is 13.0 Å². The van der Waals surface area contributed by atoms with Gasteiger partial charge in [-0.15, -0.1) is 0 Å². The number of morpholine rings is 1. The fraction of sp³-hybridized carbons (Fsp3) is 0.643. The summed E-state index contributed by atoms with van der Waals surface area (Å²) in [6.45, 7) is 10.9. The number of hydrogen-bond acceptors (Lipinski definition) is 6. The number of nitrogens with zero attached hydrogens (tertiary/aromatic N) is 5. The quantitative estimate of drug-likeness (QED) is 0.904. The first kappa shape index (κ1) is 14.2. The van der Waals surface area contributed by atoms with E-state index in [4.69, 9.17) is 4.74 Å². The Labute approximate surface area is 124 Å². The van der Waals surface area contributed by atoms with Gasteiger partial charge in [-0.1, -0.05) is 0 Å². The van der Waals surface area contributed by atoms with Gasteiger partial charge in [0.15, 0.2) is 0 Å². The minimum Gasteiger partial charge on any atom is -0.379 e. The van der Waals surface area contributed by atoms with E-state index in [1.54, 1.807) is 4.52 Å². The smallest absolute Gasteiger partial charge is 0.254 e. The fourth-order valence-electron chi connectivity index (χ4n) is 2.64. The first-order valence-corrected chi connectivity index (χ1v) is 7.30. The molecule has 0 unspecified atom stereocenters. The van der Waals surface area contributed by atoms with Gasteiger partial charge in [-0.25, -0.2) is 4.98 Å². The van der Waals surface area contributed by atoms with Crippen molar-refractivity contribution >= 4 is 11.6 Å². The zero-order valence-electron chi connectivity index (χ0n) is 12.8. The summed E-state index contributed by atoms with van der Waals surface area (Å²) in [6, 6.07) is 2.00. The molecule has 1 N–H and O–H groups in total. The van der Waals surface area contributed by atoms with Crippen molar-refractivity contribution in [3.63, 3.8) is 0 Å². The lowest BCUT2D eigenvalue weighted by Crippen LogP contribution is -2.53. The van der Waals surface area contributed by atoms with Gasteiger partial charge in [0.1, 0.15) is 12.1 Å². The van der Waals surface area contributed by atoms with Gasteiger partial charge in [-0.05, 0) is 20.8 Å². The Kier molecular flexibility index (Phi) is 3.77. The van der Waals surface area contributed by atoms with E-state index in [9.17, 15) is 0 Å². The van der Waals surface area contributed by atoms with Crippen LogP contribution in [0.1, 0.15) is 19.5 Å². The summed E-state index contributed by atoms with van der Waals surface area (Å²) in [7, 11) is 0. The molecule has 1 aliphatic rings. The third-order valence-corrected chi connectivity index (χ3v) is 3.95. The van der Waals surface area contributed by atoms with Crippen LogP contribution in [0.15, 0.2) is 12.4 Å². The number of anilines is 1. The Morgan fingerprint density at radius 2 is 2.10 bits per heavy atom. The lowest BCUT2D eigenvalue weighted by Gasteiger charge is -2.41. The highest BCUT2D eigenvalue weighted by atomic mass is 16.5. The van der Waals surface area contributed by atoms with Crippen LogP contribution in [0, 0.1) is 6.92 Å². The van der Waals surface area contributed by atoms with Crippen LogP contribution in [0.3, 0.4) is 0 Å². The summed E-state index contributed by atoms with van der Waals surface area (Å²) in [5, 5.41) is 7.71. The summed E-state index contributed by atoms with van der Waals surface area (Å²) in [6.07, 6.45) is 1.53. The van der Waals surface area contributed by atoms with Crippen molar-refractivity contribution in [1.29, 1.82) is 0 Å². The molecule has 114 valence electrons. The first-order valence-electron chi connectivity index (χ1n) is 7.30. The molecule has 0 radical (unpaired) electrons. The van der Waals surface area contributed by atoms with Crippen molar-refractivity contribution in [1.82, 2.24) is 24.5 Å². The number of ether oxygens (including phenoxy) is 1. The van der Waals surface area contributed by atoms with Crippen molar-refractivity contribution in [2.75, 3.05) is 38.2 Å². The molecular formula is C14H22N6O. The Bertz CT molecular complexity index is 617. The molecule has 0 saturated carbocycles. The summed E-state index contributed by atoms with van der Waals surface area (Å²) < 4.78 is 7.17. The third-order valence-electron chi connectivity index (χ3n) is 3.95. The Morgan fingerprint density at radius 1 is 1.33 bits per heavy atom. The minimum atomic E-state index is 0.0495. The molecule has 0 aromatic carbocycles. The van der Waals surface area contributed by atoms with Crippen molar-refractivity contribution in [2.45, 2.75) is 26.3 Å². The second-order valence-electron chi connectivity index (χ2n) is 6.02. The average Bonchev–Trinajstić information content (AvgIpc) is 2.94. The van der Waals surface area contributed by atoms with Crippen LogP contribution in [0.4, 0.5) is 5.82 Å². The van der Waals surface area contributed by atoms with Crippen LogP contribution in [0.5, 0.6) is 0 Å². The van der Waals surface area contributed by atoms with E-state index in [0.717, 1.165) is 44.4 Å². The number of aromatic nitrogens is 4. The SMILES string of the molecule is Cc1cc(NCC(C)(C)N2CCOCC2)n2ncnc2n1. The standard InChI is InChI=1S/C14H22N6O/c1-11-8-12(20-13(18-11)16-10-17-20)15-9-14(2,3)19-4-6-21-7-5-19/h8,10,15H,4-7,9H2,1-3H3. The number of nitrogens with one attached hydrogen (secondary N) is 1. The molecule has 0 spiro atoms. The molecule has 1 aliphatic heterocycles.